The van der Waals surface area contributed by atoms with Gasteiger partial charge in [0.1, 0.15) is 0 Å². The van der Waals surface area contributed by atoms with E-state index in [0.29, 0.717) is 32.6 Å². The van der Waals surface area contributed by atoms with Crippen molar-refractivity contribution >= 4 is 17.5 Å². The minimum absolute atomic E-state index is 0.0357. The van der Waals surface area contributed by atoms with Crippen LogP contribution in [0.3, 0.4) is 0 Å². The molecule has 1 aromatic carbocycles. The van der Waals surface area contributed by atoms with Gasteiger partial charge in [0.25, 0.3) is 0 Å². The van der Waals surface area contributed by atoms with E-state index >= 15 is 0 Å². The van der Waals surface area contributed by atoms with Crippen LogP contribution in [0.1, 0.15) is 31.7 Å². The number of β-amino-alcohol motifs (C(OH)–C–C–N with tert-alkyl or cyclic N) is 1. The second-order valence-corrected chi connectivity index (χ2v) is 7.57. The lowest BCUT2D eigenvalue weighted by Gasteiger charge is -2.35. The second kappa shape index (κ2) is 9.33. The minimum Gasteiger partial charge on any atom is -0.395 e. The van der Waals surface area contributed by atoms with Crippen LogP contribution in [0.2, 0.25) is 0 Å². The lowest BCUT2D eigenvalue weighted by atomic mass is 10.1. The molecule has 0 radical (unpaired) electrons. The summed E-state index contributed by atoms with van der Waals surface area (Å²) in [5.74, 6) is -0.121. The van der Waals surface area contributed by atoms with Crippen LogP contribution in [0, 0.1) is 5.92 Å². The normalized spacial score (nSPS) is 21.1. The van der Waals surface area contributed by atoms with Crippen LogP contribution in [0.15, 0.2) is 24.3 Å². The van der Waals surface area contributed by atoms with Crippen molar-refractivity contribution in [2.45, 2.75) is 32.6 Å². The molecule has 1 aromatic rings. The van der Waals surface area contributed by atoms with Gasteiger partial charge in [-0.25, -0.2) is 0 Å². The lowest BCUT2D eigenvalue weighted by molar-refractivity contribution is -0.137. The van der Waals surface area contributed by atoms with E-state index in [-0.39, 0.29) is 24.3 Å². The molecule has 2 fully saturated rings. The first-order chi connectivity index (χ1) is 13.1. The van der Waals surface area contributed by atoms with Gasteiger partial charge in [0.05, 0.1) is 12.5 Å². The molecule has 1 N–H and O–H groups in total. The third-order valence-electron chi connectivity index (χ3n) is 5.64. The predicted octanol–water partition coefficient (Wildman–Crippen LogP) is 1.52. The van der Waals surface area contributed by atoms with Gasteiger partial charge in [-0.2, -0.15) is 0 Å². The number of benzene rings is 1. The quantitative estimate of drug-likeness (QED) is 0.787. The van der Waals surface area contributed by atoms with Gasteiger partial charge in [0.2, 0.25) is 11.8 Å². The lowest BCUT2D eigenvalue weighted by Crippen LogP contribution is -2.51. The Labute approximate surface area is 161 Å². The number of amides is 2. The van der Waals surface area contributed by atoms with Gasteiger partial charge >= 0.3 is 0 Å². The molecule has 2 saturated heterocycles. The first-order valence-electron chi connectivity index (χ1n) is 10.1. The molecular formula is C21H31N3O3. The summed E-state index contributed by atoms with van der Waals surface area (Å²) in [6.45, 7) is 6.39. The molecular weight excluding hydrogens is 342 g/mol. The van der Waals surface area contributed by atoms with Gasteiger partial charge < -0.3 is 14.9 Å². The molecule has 0 saturated carbocycles. The summed E-state index contributed by atoms with van der Waals surface area (Å²) in [5.41, 5.74) is 2.18. The van der Waals surface area contributed by atoms with Crippen LogP contribution in [0.5, 0.6) is 0 Å². The Hall–Kier alpha value is -1.92. The zero-order valence-electron chi connectivity index (χ0n) is 16.3. The molecule has 148 valence electrons. The molecule has 0 aromatic heterocycles. The SMILES string of the molecule is CCCCc1ccc(N2CC(C(=O)N3CCN(CCO)CC3)CC2=O)cc1. The fourth-order valence-electron chi connectivity index (χ4n) is 3.94. The maximum absolute atomic E-state index is 12.8. The van der Waals surface area contributed by atoms with Crippen molar-refractivity contribution < 1.29 is 14.7 Å². The average molecular weight is 373 g/mol. The van der Waals surface area contributed by atoms with Crippen LogP contribution in [0.4, 0.5) is 5.69 Å². The highest BCUT2D eigenvalue weighted by atomic mass is 16.3. The number of hydrogen-bond acceptors (Lipinski definition) is 4. The maximum atomic E-state index is 12.8. The number of rotatable bonds is 7. The monoisotopic (exact) mass is 373 g/mol. The summed E-state index contributed by atoms with van der Waals surface area (Å²) in [6, 6.07) is 8.19. The van der Waals surface area contributed by atoms with Gasteiger partial charge in [-0.3, -0.25) is 14.5 Å². The molecule has 6 heteroatoms. The molecule has 1 atom stereocenters. The van der Waals surface area contributed by atoms with Crippen LogP contribution >= 0.6 is 0 Å². The van der Waals surface area contributed by atoms with Crippen LogP contribution in [-0.4, -0.2) is 72.6 Å². The number of carbonyl (C=O) groups is 2. The molecule has 6 nitrogen and oxygen atoms in total. The number of aliphatic hydroxyl groups is 1. The number of hydrogen-bond donors (Lipinski definition) is 1. The van der Waals surface area contributed by atoms with Crippen molar-refractivity contribution in [2.75, 3.05) is 50.8 Å². The predicted molar refractivity (Wildman–Crippen MR) is 106 cm³/mol. The van der Waals surface area contributed by atoms with E-state index in [1.807, 2.05) is 17.0 Å². The molecule has 0 bridgehead atoms. The van der Waals surface area contributed by atoms with Crippen LogP contribution in [-0.2, 0) is 16.0 Å². The van der Waals surface area contributed by atoms with Crippen molar-refractivity contribution in [3.63, 3.8) is 0 Å². The van der Waals surface area contributed by atoms with E-state index in [1.165, 1.54) is 18.4 Å². The zero-order chi connectivity index (χ0) is 19.2. The highest BCUT2D eigenvalue weighted by Gasteiger charge is 2.37. The van der Waals surface area contributed by atoms with Crippen LogP contribution < -0.4 is 4.90 Å². The number of nitrogens with zero attached hydrogens (tertiary/aromatic N) is 3. The summed E-state index contributed by atoms with van der Waals surface area (Å²) in [5, 5.41) is 9.03. The Morgan fingerprint density at radius 3 is 2.48 bits per heavy atom. The Bertz CT molecular complexity index is 639. The fourth-order valence-corrected chi connectivity index (χ4v) is 3.94. The Kier molecular flexibility index (Phi) is 6.85. The molecule has 1 unspecified atom stereocenters. The smallest absolute Gasteiger partial charge is 0.228 e. The van der Waals surface area contributed by atoms with E-state index < -0.39 is 0 Å². The van der Waals surface area contributed by atoms with Crippen molar-refractivity contribution in [3.05, 3.63) is 29.8 Å². The van der Waals surface area contributed by atoms with E-state index in [4.69, 9.17) is 5.11 Å². The van der Waals surface area contributed by atoms with Gasteiger partial charge in [0, 0.05) is 51.4 Å². The molecule has 27 heavy (non-hydrogen) atoms. The second-order valence-electron chi connectivity index (χ2n) is 7.57. The molecule has 0 aliphatic carbocycles. The third-order valence-corrected chi connectivity index (χ3v) is 5.64. The summed E-state index contributed by atoms with van der Waals surface area (Å²) >= 11 is 0. The molecule has 2 amide bonds. The number of carbonyl (C=O) groups excluding carboxylic acids is 2. The molecule has 2 aliphatic heterocycles. The van der Waals surface area contributed by atoms with Gasteiger partial charge in [-0.1, -0.05) is 25.5 Å². The number of anilines is 1. The summed E-state index contributed by atoms with van der Waals surface area (Å²) in [7, 11) is 0. The first kappa shape index (κ1) is 19.8. The topological polar surface area (TPSA) is 64.1 Å². The van der Waals surface area contributed by atoms with Gasteiger partial charge in [-0.05, 0) is 30.5 Å². The first-order valence-corrected chi connectivity index (χ1v) is 10.1. The number of unbranched alkanes of at least 4 members (excludes halogenated alkanes) is 1. The number of aliphatic hydroxyl groups excluding tert-OH is 1. The Balaban J connectivity index is 1.56. The summed E-state index contributed by atoms with van der Waals surface area (Å²) in [6.07, 6.45) is 3.70. The van der Waals surface area contributed by atoms with E-state index in [2.05, 4.69) is 24.0 Å². The minimum atomic E-state index is -0.248. The van der Waals surface area contributed by atoms with Crippen molar-refractivity contribution in [3.8, 4) is 0 Å². The molecule has 2 heterocycles. The number of piperazine rings is 1. The van der Waals surface area contributed by atoms with Crippen molar-refractivity contribution in [1.29, 1.82) is 0 Å². The van der Waals surface area contributed by atoms with Gasteiger partial charge in [0.15, 0.2) is 0 Å². The third kappa shape index (κ3) is 4.87. The highest BCUT2D eigenvalue weighted by Crippen LogP contribution is 2.27. The fraction of sp³-hybridized carbons (Fsp3) is 0.619. The standard InChI is InChI=1S/C21H31N3O3/c1-2-3-4-17-5-7-19(8-6-17)24-16-18(15-20(24)26)21(27)23-11-9-22(10-12-23)13-14-25/h5-8,18,25H,2-4,9-16H2,1H3. The van der Waals surface area contributed by atoms with E-state index in [9.17, 15) is 9.59 Å². The Morgan fingerprint density at radius 2 is 1.85 bits per heavy atom. The molecule has 0 spiro atoms. The maximum Gasteiger partial charge on any atom is 0.228 e. The largest absolute Gasteiger partial charge is 0.395 e. The molecule has 3 rings (SSSR count). The van der Waals surface area contributed by atoms with E-state index in [1.54, 1.807) is 4.90 Å². The van der Waals surface area contributed by atoms with Crippen molar-refractivity contribution in [1.82, 2.24) is 9.80 Å². The Morgan fingerprint density at radius 1 is 1.15 bits per heavy atom. The number of aryl methyl sites for hydroxylation is 1. The zero-order valence-corrected chi connectivity index (χ0v) is 16.3. The highest BCUT2D eigenvalue weighted by molar-refractivity contribution is 6.00. The summed E-state index contributed by atoms with van der Waals surface area (Å²) < 4.78 is 0. The summed E-state index contributed by atoms with van der Waals surface area (Å²) in [4.78, 5) is 31.1. The van der Waals surface area contributed by atoms with Gasteiger partial charge in [-0.15, -0.1) is 0 Å². The van der Waals surface area contributed by atoms with Crippen LogP contribution in [0.25, 0.3) is 0 Å². The van der Waals surface area contributed by atoms with E-state index in [0.717, 1.165) is 25.2 Å². The average Bonchev–Trinajstić information content (AvgIpc) is 3.09. The van der Waals surface area contributed by atoms with Crippen molar-refractivity contribution in [2.24, 2.45) is 5.92 Å². The molecule has 2 aliphatic rings.